The van der Waals surface area contributed by atoms with Crippen molar-refractivity contribution in [3.63, 3.8) is 0 Å². The maximum Gasteiger partial charge on any atom is 0.305 e. The van der Waals surface area contributed by atoms with Crippen molar-refractivity contribution in [2.45, 2.75) is 31.7 Å². The number of aliphatic carboxylic acids is 1. The van der Waals surface area contributed by atoms with E-state index in [0.717, 1.165) is 34.2 Å². The summed E-state index contributed by atoms with van der Waals surface area (Å²) in [6.07, 6.45) is 1.50. The lowest BCUT2D eigenvalue weighted by Crippen LogP contribution is -2.43. The second-order valence-corrected chi connectivity index (χ2v) is 9.19. The zero-order valence-electron chi connectivity index (χ0n) is 18.5. The van der Waals surface area contributed by atoms with Gasteiger partial charge in [0, 0.05) is 24.4 Å². The molecule has 0 radical (unpaired) electrons. The normalized spacial score (nSPS) is 14.1. The van der Waals surface area contributed by atoms with Gasteiger partial charge >= 0.3 is 5.97 Å². The molecule has 2 heterocycles. The largest absolute Gasteiger partial charge is 0.481 e. The number of nitrogens with one attached hydrogen (secondary N) is 3. The number of hydrogen-bond donors (Lipinski definition) is 4. The highest BCUT2D eigenvalue weighted by molar-refractivity contribution is 7.14. The van der Waals surface area contributed by atoms with Crippen LogP contribution in [0.15, 0.2) is 59.6 Å². The van der Waals surface area contributed by atoms with E-state index in [2.05, 4.69) is 20.9 Å². The first kappa shape index (κ1) is 23.4. The van der Waals surface area contributed by atoms with Crippen molar-refractivity contribution >= 4 is 45.9 Å². The summed E-state index contributed by atoms with van der Waals surface area (Å²) in [4.78, 5) is 42.3. The minimum absolute atomic E-state index is 0.134. The predicted molar refractivity (Wildman–Crippen MR) is 132 cm³/mol. The SMILES string of the molecule is O=C(O)C[C@H](NC(=O)c1ccc(CCC(=O)NC2=NCCCN2)s1)c1cccc2ccccc12. The number of carbonyl (C=O) groups excluding carboxylic acids is 2. The van der Waals surface area contributed by atoms with Crippen LogP contribution in [-0.2, 0) is 16.0 Å². The molecule has 8 nitrogen and oxygen atoms in total. The van der Waals surface area contributed by atoms with Gasteiger partial charge < -0.3 is 15.7 Å². The first-order chi connectivity index (χ1) is 16.5. The molecule has 1 aliphatic rings. The lowest BCUT2D eigenvalue weighted by atomic mass is 9.96. The number of benzene rings is 2. The van der Waals surface area contributed by atoms with Crippen LogP contribution in [0, 0.1) is 0 Å². The highest BCUT2D eigenvalue weighted by Gasteiger charge is 2.22. The molecule has 4 rings (SSSR count). The van der Waals surface area contributed by atoms with Gasteiger partial charge in [0.1, 0.15) is 0 Å². The molecule has 0 bridgehead atoms. The minimum atomic E-state index is -0.992. The number of thiophene rings is 1. The Bertz CT molecular complexity index is 1230. The summed E-state index contributed by atoms with van der Waals surface area (Å²) in [7, 11) is 0. The van der Waals surface area contributed by atoms with E-state index in [-0.39, 0.29) is 24.7 Å². The number of aryl methyl sites for hydroxylation is 1. The van der Waals surface area contributed by atoms with E-state index in [4.69, 9.17) is 0 Å². The molecule has 1 atom stereocenters. The zero-order valence-corrected chi connectivity index (χ0v) is 19.4. The molecule has 1 aliphatic heterocycles. The van der Waals surface area contributed by atoms with Gasteiger partial charge in [0.05, 0.1) is 17.3 Å². The van der Waals surface area contributed by atoms with Gasteiger partial charge in [-0.15, -0.1) is 11.3 Å². The van der Waals surface area contributed by atoms with Gasteiger partial charge in [-0.3, -0.25) is 24.7 Å². The van der Waals surface area contributed by atoms with E-state index >= 15 is 0 Å². The third-order valence-electron chi connectivity index (χ3n) is 5.52. The Morgan fingerprint density at radius 1 is 1.09 bits per heavy atom. The minimum Gasteiger partial charge on any atom is -0.481 e. The number of fused-ring (bicyclic) bond motifs is 1. The Balaban J connectivity index is 1.41. The summed E-state index contributed by atoms with van der Waals surface area (Å²) in [5.74, 6) is -0.945. The molecule has 9 heteroatoms. The fraction of sp³-hybridized carbons (Fsp3) is 0.280. The Kier molecular flexibility index (Phi) is 7.54. The summed E-state index contributed by atoms with van der Waals surface area (Å²) < 4.78 is 0. The summed E-state index contributed by atoms with van der Waals surface area (Å²) in [6.45, 7) is 1.50. The van der Waals surface area contributed by atoms with Crippen molar-refractivity contribution < 1.29 is 19.5 Å². The third-order valence-corrected chi connectivity index (χ3v) is 6.67. The van der Waals surface area contributed by atoms with Gasteiger partial charge in [0.15, 0.2) is 5.96 Å². The summed E-state index contributed by atoms with van der Waals surface area (Å²) in [5, 5.41) is 20.0. The molecule has 3 aromatic rings. The fourth-order valence-electron chi connectivity index (χ4n) is 3.88. The molecule has 0 unspecified atom stereocenters. The van der Waals surface area contributed by atoms with Crippen molar-refractivity contribution in [1.29, 1.82) is 0 Å². The lowest BCUT2D eigenvalue weighted by Gasteiger charge is -2.19. The number of rotatable bonds is 8. The van der Waals surface area contributed by atoms with E-state index in [9.17, 15) is 19.5 Å². The molecule has 2 amide bonds. The highest BCUT2D eigenvalue weighted by atomic mass is 32.1. The van der Waals surface area contributed by atoms with E-state index in [1.807, 2.05) is 48.5 Å². The molecular weight excluding hydrogens is 452 g/mol. The predicted octanol–water partition coefficient (Wildman–Crippen LogP) is 3.25. The van der Waals surface area contributed by atoms with Crippen LogP contribution in [0.25, 0.3) is 10.8 Å². The van der Waals surface area contributed by atoms with Gasteiger partial charge in [-0.05, 0) is 41.3 Å². The number of aliphatic imine (C=N–C) groups is 1. The van der Waals surface area contributed by atoms with Crippen LogP contribution >= 0.6 is 11.3 Å². The van der Waals surface area contributed by atoms with Crippen LogP contribution in [0.4, 0.5) is 0 Å². The quantitative estimate of drug-likeness (QED) is 0.396. The van der Waals surface area contributed by atoms with E-state index in [1.54, 1.807) is 6.07 Å². The maximum absolute atomic E-state index is 13.0. The molecule has 4 N–H and O–H groups in total. The van der Waals surface area contributed by atoms with E-state index in [0.29, 0.717) is 23.8 Å². The van der Waals surface area contributed by atoms with E-state index < -0.39 is 12.0 Å². The van der Waals surface area contributed by atoms with Crippen LogP contribution in [-0.4, -0.2) is 41.9 Å². The molecule has 176 valence electrons. The molecule has 2 aromatic carbocycles. The number of carboxylic acid groups (broad SMARTS) is 1. The smallest absolute Gasteiger partial charge is 0.305 e. The van der Waals surface area contributed by atoms with Crippen LogP contribution in [0.5, 0.6) is 0 Å². The first-order valence-corrected chi connectivity index (χ1v) is 12.0. The van der Waals surface area contributed by atoms with Crippen molar-refractivity contribution in [1.82, 2.24) is 16.0 Å². The maximum atomic E-state index is 13.0. The van der Waals surface area contributed by atoms with Crippen LogP contribution in [0.2, 0.25) is 0 Å². The molecular formula is C25H26N4O4S. The second kappa shape index (κ2) is 10.9. The topological polar surface area (TPSA) is 120 Å². The summed E-state index contributed by atoms with van der Waals surface area (Å²) in [5.41, 5.74) is 0.765. The number of carboxylic acids is 1. The summed E-state index contributed by atoms with van der Waals surface area (Å²) in [6, 6.07) is 16.2. The van der Waals surface area contributed by atoms with E-state index in [1.165, 1.54) is 11.3 Å². The first-order valence-electron chi connectivity index (χ1n) is 11.2. The second-order valence-electron chi connectivity index (χ2n) is 8.02. The molecule has 34 heavy (non-hydrogen) atoms. The lowest BCUT2D eigenvalue weighted by molar-refractivity contribution is -0.137. The van der Waals surface area contributed by atoms with Crippen LogP contribution < -0.4 is 16.0 Å². The average Bonchev–Trinajstić information content (AvgIpc) is 3.32. The highest BCUT2D eigenvalue weighted by Crippen LogP contribution is 2.27. The van der Waals surface area contributed by atoms with Crippen molar-refractivity contribution in [2.24, 2.45) is 4.99 Å². The summed E-state index contributed by atoms with van der Waals surface area (Å²) >= 11 is 1.30. The molecule has 0 saturated carbocycles. The Labute approximate surface area is 201 Å². The van der Waals surface area contributed by atoms with Gasteiger partial charge in [-0.2, -0.15) is 0 Å². The van der Waals surface area contributed by atoms with Crippen molar-refractivity contribution in [3.8, 4) is 0 Å². The third kappa shape index (κ3) is 5.99. The van der Waals surface area contributed by atoms with Crippen LogP contribution in [0.3, 0.4) is 0 Å². The number of carbonyl (C=O) groups is 3. The van der Waals surface area contributed by atoms with Gasteiger partial charge in [0.2, 0.25) is 5.91 Å². The molecule has 0 aliphatic carbocycles. The van der Waals surface area contributed by atoms with Crippen LogP contribution in [0.1, 0.15) is 45.4 Å². The molecule has 0 fully saturated rings. The van der Waals surface area contributed by atoms with Crippen molar-refractivity contribution in [3.05, 3.63) is 69.9 Å². The number of guanidine groups is 1. The fourth-order valence-corrected chi connectivity index (χ4v) is 4.79. The zero-order chi connectivity index (χ0) is 23.9. The number of amides is 2. The van der Waals surface area contributed by atoms with Gasteiger partial charge in [-0.25, -0.2) is 0 Å². The standard InChI is InChI=1S/C25H26N4O4S/c30-22(29-25-26-13-4-14-27-25)12-10-17-9-11-21(34-17)24(33)28-20(15-23(31)32)19-8-3-6-16-5-1-2-7-18(16)19/h1-3,5-9,11,20H,4,10,12-15H2,(H,28,33)(H,31,32)(H2,26,27,29,30)/t20-/m0/s1. The van der Waals surface area contributed by atoms with Crippen molar-refractivity contribution in [2.75, 3.05) is 13.1 Å². The Morgan fingerprint density at radius 2 is 1.91 bits per heavy atom. The Morgan fingerprint density at radius 3 is 2.71 bits per heavy atom. The molecule has 1 aromatic heterocycles. The molecule has 0 saturated heterocycles. The Hall–Kier alpha value is -3.72. The molecule has 0 spiro atoms. The monoisotopic (exact) mass is 478 g/mol. The van der Waals surface area contributed by atoms with Gasteiger partial charge in [-0.1, -0.05) is 42.5 Å². The number of hydrogen-bond acceptors (Lipinski definition) is 6. The number of nitrogens with zero attached hydrogens (tertiary/aromatic N) is 1. The van der Waals surface area contributed by atoms with Gasteiger partial charge in [0.25, 0.3) is 5.91 Å². The average molecular weight is 479 g/mol.